The largest absolute Gasteiger partial charge is 0.352 e. The monoisotopic (exact) mass is 297 g/mol. The quantitative estimate of drug-likeness (QED) is 0.774. The Balaban J connectivity index is 2.28. The van der Waals surface area contributed by atoms with Crippen LogP contribution in [0.5, 0.6) is 0 Å². The Labute approximate surface area is 129 Å². The molecule has 0 saturated heterocycles. The van der Waals surface area contributed by atoms with Gasteiger partial charge in [0, 0.05) is 19.1 Å². The lowest BCUT2D eigenvalue weighted by Gasteiger charge is -2.28. The molecule has 1 aliphatic carbocycles. The molecule has 5 nitrogen and oxygen atoms in total. The molecule has 21 heavy (non-hydrogen) atoms. The fourth-order valence-electron chi connectivity index (χ4n) is 2.89. The lowest BCUT2D eigenvalue weighted by molar-refractivity contribution is -0.132. The molecule has 1 saturated carbocycles. The Kier molecular flexibility index (Phi) is 7.72. The molecule has 0 atom stereocenters. The summed E-state index contributed by atoms with van der Waals surface area (Å²) in [5.74, 6) is 0.902. The summed E-state index contributed by atoms with van der Waals surface area (Å²) in [6.07, 6.45) is 4.55. The van der Waals surface area contributed by atoms with E-state index in [4.69, 9.17) is 0 Å². The summed E-state index contributed by atoms with van der Waals surface area (Å²) in [6.45, 7) is 8.24. The Morgan fingerprint density at radius 3 is 2.14 bits per heavy atom. The maximum absolute atomic E-state index is 12.0. The van der Waals surface area contributed by atoms with Gasteiger partial charge in [-0.05, 0) is 52.5 Å². The summed E-state index contributed by atoms with van der Waals surface area (Å²) in [7, 11) is 1.82. The number of amides is 2. The molecule has 0 aromatic rings. The average Bonchev–Trinajstić information content (AvgIpc) is 2.42. The predicted octanol–water partition coefficient (Wildman–Crippen LogP) is 1.48. The molecule has 1 fully saturated rings. The van der Waals surface area contributed by atoms with E-state index < -0.39 is 0 Å². The van der Waals surface area contributed by atoms with E-state index in [2.05, 4.69) is 12.2 Å². The third kappa shape index (κ3) is 6.46. The van der Waals surface area contributed by atoms with Crippen molar-refractivity contribution in [1.82, 2.24) is 15.1 Å². The van der Waals surface area contributed by atoms with Crippen LogP contribution in [0.15, 0.2) is 0 Å². The van der Waals surface area contributed by atoms with Crippen molar-refractivity contribution in [3.63, 3.8) is 0 Å². The molecule has 0 unspecified atom stereocenters. The number of hydrogen-bond donors (Lipinski definition) is 1. The Hall–Kier alpha value is -1.10. The van der Waals surface area contributed by atoms with E-state index in [9.17, 15) is 9.59 Å². The second kappa shape index (κ2) is 9.03. The van der Waals surface area contributed by atoms with Crippen LogP contribution in [-0.4, -0.2) is 60.9 Å². The minimum absolute atomic E-state index is 0.0319. The van der Waals surface area contributed by atoms with Gasteiger partial charge in [-0.25, -0.2) is 0 Å². The summed E-state index contributed by atoms with van der Waals surface area (Å²) in [5.41, 5.74) is 0. The predicted molar refractivity (Wildman–Crippen MR) is 85.0 cm³/mol. The molecule has 1 rings (SSSR count). The highest BCUT2D eigenvalue weighted by atomic mass is 16.2. The lowest BCUT2D eigenvalue weighted by Crippen LogP contribution is -2.45. The number of nitrogens with one attached hydrogen (secondary N) is 1. The van der Waals surface area contributed by atoms with Crippen LogP contribution in [0.25, 0.3) is 0 Å². The van der Waals surface area contributed by atoms with E-state index in [1.807, 2.05) is 20.9 Å². The summed E-state index contributed by atoms with van der Waals surface area (Å²) in [6, 6.07) is 0.320. The van der Waals surface area contributed by atoms with Crippen LogP contribution in [0.3, 0.4) is 0 Å². The van der Waals surface area contributed by atoms with Gasteiger partial charge in [0.1, 0.15) is 0 Å². The zero-order valence-electron chi connectivity index (χ0n) is 14.0. The van der Waals surface area contributed by atoms with Crippen molar-refractivity contribution in [2.75, 3.05) is 33.2 Å². The second-order valence-corrected chi connectivity index (χ2v) is 6.26. The molecule has 0 heterocycles. The van der Waals surface area contributed by atoms with Gasteiger partial charge < -0.3 is 10.2 Å². The zero-order valence-corrected chi connectivity index (χ0v) is 14.0. The highest BCUT2D eigenvalue weighted by Gasteiger charge is 2.21. The highest BCUT2D eigenvalue weighted by Crippen LogP contribution is 2.23. The van der Waals surface area contributed by atoms with Gasteiger partial charge in [-0.1, -0.05) is 6.92 Å². The molecule has 1 N–H and O–H groups in total. The van der Waals surface area contributed by atoms with Crippen molar-refractivity contribution >= 4 is 11.8 Å². The van der Waals surface area contributed by atoms with Crippen LogP contribution in [0.4, 0.5) is 0 Å². The van der Waals surface area contributed by atoms with Gasteiger partial charge in [-0.2, -0.15) is 0 Å². The number of rotatable bonds is 7. The van der Waals surface area contributed by atoms with Gasteiger partial charge in [0.05, 0.1) is 13.1 Å². The van der Waals surface area contributed by atoms with Crippen LogP contribution < -0.4 is 5.32 Å². The molecule has 0 radical (unpaired) electrons. The number of carbonyl (C=O) groups is 2. The molecule has 5 heteroatoms. The van der Waals surface area contributed by atoms with E-state index in [0.29, 0.717) is 19.1 Å². The van der Waals surface area contributed by atoms with Crippen molar-refractivity contribution in [3.05, 3.63) is 0 Å². The molecule has 2 amide bonds. The highest BCUT2D eigenvalue weighted by molar-refractivity contribution is 5.81. The van der Waals surface area contributed by atoms with Gasteiger partial charge in [0.15, 0.2) is 0 Å². The Morgan fingerprint density at radius 1 is 1.05 bits per heavy atom. The maximum atomic E-state index is 12.0. The Bertz CT molecular complexity index is 334. The smallest absolute Gasteiger partial charge is 0.236 e. The van der Waals surface area contributed by atoms with Gasteiger partial charge >= 0.3 is 0 Å². The van der Waals surface area contributed by atoms with Crippen LogP contribution in [0, 0.1) is 5.92 Å². The van der Waals surface area contributed by atoms with Gasteiger partial charge in [0.25, 0.3) is 0 Å². The SMILES string of the molecule is CCN(CC)C(=O)CN(C)CC(=O)NC1CCC(C)CC1. The fraction of sp³-hybridized carbons (Fsp3) is 0.875. The van der Waals surface area contributed by atoms with E-state index in [-0.39, 0.29) is 11.8 Å². The molecule has 0 spiro atoms. The fourth-order valence-corrected chi connectivity index (χ4v) is 2.89. The second-order valence-electron chi connectivity index (χ2n) is 6.26. The third-order valence-corrected chi connectivity index (χ3v) is 4.32. The number of nitrogens with zero attached hydrogens (tertiary/aromatic N) is 2. The molecule has 0 aliphatic heterocycles. The molecule has 0 aromatic heterocycles. The van der Waals surface area contributed by atoms with Gasteiger partial charge in [-0.3, -0.25) is 14.5 Å². The first-order chi connectivity index (χ1) is 9.96. The lowest BCUT2D eigenvalue weighted by atomic mass is 9.87. The van der Waals surface area contributed by atoms with Crippen molar-refractivity contribution in [2.24, 2.45) is 5.92 Å². The topological polar surface area (TPSA) is 52.7 Å². The first-order valence-corrected chi connectivity index (χ1v) is 8.21. The molecule has 1 aliphatic rings. The van der Waals surface area contributed by atoms with Crippen molar-refractivity contribution in [2.45, 2.75) is 52.5 Å². The van der Waals surface area contributed by atoms with E-state index in [0.717, 1.165) is 31.8 Å². The summed E-state index contributed by atoms with van der Waals surface area (Å²) in [5, 5.41) is 3.10. The number of hydrogen-bond acceptors (Lipinski definition) is 3. The van der Waals surface area contributed by atoms with Crippen molar-refractivity contribution in [1.29, 1.82) is 0 Å². The molecular formula is C16H31N3O2. The minimum atomic E-state index is 0.0319. The molecule has 0 bridgehead atoms. The maximum Gasteiger partial charge on any atom is 0.236 e. The van der Waals surface area contributed by atoms with Crippen LogP contribution in [0.1, 0.15) is 46.5 Å². The van der Waals surface area contributed by atoms with Crippen LogP contribution in [-0.2, 0) is 9.59 Å². The Morgan fingerprint density at radius 2 is 1.62 bits per heavy atom. The van der Waals surface area contributed by atoms with E-state index in [1.54, 1.807) is 9.80 Å². The number of likely N-dealkylation sites (N-methyl/N-ethyl adjacent to an activating group) is 2. The summed E-state index contributed by atoms with van der Waals surface area (Å²) < 4.78 is 0. The molecule has 0 aromatic carbocycles. The van der Waals surface area contributed by atoms with Crippen molar-refractivity contribution in [3.8, 4) is 0 Å². The third-order valence-electron chi connectivity index (χ3n) is 4.32. The number of carbonyl (C=O) groups excluding carboxylic acids is 2. The summed E-state index contributed by atoms with van der Waals surface area (Å²) in [4.78, 5) is 27.6. The van der Waals surface area contributed by atoms with Crippen molar-refractivity contribution < 1.29 is 9.59 Å². The normalized spacial score (nSPS) is 22.1. The standard InChI is InChI=1S/C16H31N3O2/c1-5-19(6-2)16(21)12-18(4)11-15(20)17-14-9-7-13(3)8-10-14/h13-14H,5-12H2,1-4H3,(H,17,20). The molecule has 122 valence electrons. The van der Waals surface area contributed by atoms with Crippen LogP contribution >= 0.6 is 0 Å². The van der Waals surface area contributed by atoms with E-state index in [1.165, 1.54) is 12.8 Å². The van der Waals surface area contributed by atoms with E-state index >= 15 is 0 Å². The van der Waals surface area contributed by atoms with Crippen LogP contribution in [0.2, 0.25) is 0 Å². The zero-order chi connectivity index (χ0) is 15.8. The van der Waals surface area contributed by atoms with Gasteiger partial charge in [-0.15, -0.1) is 0 Å². The molecular weight excluding hydrogens is 266 g/mol. The van der Waals surface area contributed by atoms with Gasteiger partial charge in [0.2, 0.25) is 11.8 Å². The first kappa shape index (κ1) is 18.0. The summed E-state index contributed by atoms with van der Waals surface area (Å²) >= 11 is 0. The minimum Gasteiger partial charge on any atom is -0.352 e. The average molecular weight is 297 g/mol. The first-order valence-electron chi connectivity index (χ1n) is 8.21.